The van der Waals surface area contributed by atoms with E-state index in [1.165, 1.54) is 18.4 Å². The van der Waals surface area contributed by atoms with Crippen molar-refractivity contribution in [3.8, 4) is 5.75 Å². The van der Waals surface area contributed by atoms with Crippen LogP contribution in [0.1, 0.15) is 43.2 Å². The molecule has 10 heteroatoms. The number of rotatable bonds is 8. The smallest absolute Gasteiger partial charge is 0.222 e. The summed E-state index contributed by atoms with van der Waals surface area (Å²) in [6, 6.07) is 6.47. The molecule has 9 nitrogen and oxygen atoms in total. The molecule has 2 aliphatic carbocycles. The number of fused-ring (bicyclic) bond motifs is 1. The molecule has 4 aliphatic rings. The average Bonchev–Trinajstić information content (AvgIpc) is 3.39. The van der Waals surface area contributed by atoms with Gasteiger partial charge in [-0.1, -0.05) is 12.1 Å². The molecule has 2 saturated heterocycles. The fourth-order valence-corrected chi connectivity index (χ4v) is 7.03. The fourth-order valence-electron chi connectivity index (χ4n) is 7.03. The Morgan fingerprint density at radius 2 is 1.95 bits per heavy atom. The lowest BCUT2D eigenvalue weighted by Crippen LogP contribution is -2.57. The molecule has 0 radical (unpaired) electrons. The minimum Gasteiger partial charge on any atom is -0.496 e. The van der Waals surface area contributed by atoms with Crippen molar-refractivity contribution in [1.82, 2.24) is 24.6 Å². The Hall–Kier alpha value is -2.98. The number of nitrogens with two attached hydrogens (primary N) is 1. The minimum atomic E-state index is -0.600. The van der Waals surface area contributed by atoms with Gasteiger partial charge in [-0.2, -0.15) is 10.1 Å². The summed E-state index contributed by atoms with van der Waals surface area (Å²) in [5.41, 5.74) is 10.3. The molecule has 38 heavy (non-hydrogen) atoms. The monoisotopic (exact) mass is 521 g/mol. The van der Waals surface area contributed by atoms with Crippen LogP contribution in [0.25, 0.3) is 11.0 Å². The normalized spacial score (nSPS) is 27.8. The number of halogens is 1. The highest BCUT2D eigenvalue weighted by molar-refractivity contribution is 5.86. The molecule has 1 unspecified atom stereocenters. The van der Waals surface area contributed by atoms with Gasteiger partial charge >= 0.3 is 0 Å². The minimum absolute atomic E-state index is 0.0151. The van der Waals surface area contributed by atoms with E-state index in [2.05, 4.69) is 43.5 Å². The van der Waals surface area contributed by atoms with Gasteiger partial charge in [-0.15, -0.1) is 0 Å². The van der Waals surface area contributed by atoms with Crippen molar-refractivity contribution in [2.75, 3.05) is 51.0 Å². The quantitative estimate of drug-likeness (QED) is 0.463. The van der Waals surface area contributed by atoms with Gasteiger partial charge in [0, 0.05) is 55.8 Å². The summed E-state index contributed by atoms with van der Waals surface area (Å²) in [7, 11) is 1.72. The van der Waals surface area contributed by atoms with Crippen molar-refractivity contribution in [1.29, 1.82) is 0 Å². The van der Waals surface area contributed by atoms with Crippen LogP contribution in [0.4, 0.5) is 16.2 Å². The number of benzene rings is 1. The molecule has 202 valence electrons. The SMILES string of the molecule is COc1cc(CN2CC3(CCOCC3)C2)ccc1Cn1ncc2nc(N)nc(NCC3CC4(C3)CC4F)c21. The average molecular weight is 522 g/mol. The van der Waals surface area contributed by atoms with Crippen molar-refractivity contribution in [2.45, 2.75) is 51.4 Å². The second-order valence-electron chi connectivity index (χ2n) is 12.1. The maximum Gasteiger partial charge on any atom is 0.222 e. The van der Waals surface area contributed by atoms with E-state index in [4.69, 9.17) is 15.2 Å². The number of hydrogen-bond acceptors (Lipinski definition) is 8. The molecule has 4 heterocycles. The Balaban J connectivity index is 1.05. The predicted molar refractivity (Wildman–Crippen MR) is 143 cm³/mol. The summed E-state index contributed by atoms with van der Waals surface area (Å²) in [6.07, 6.45) is 6.10. The zero-order valence-electron chi connectivity index (χ0n) is 22.0. The molecule has 0 amide bonds. The molecule has 2 aliphatic heterocycles. The number of hydrogen-bond donors (Lipinski definition) is 2. The van der Waals surface area contributed by atoms with Crippen molar-refractivity contribution >= 4 is 22.8 Å². The Labute approximate surface area is 221 Å². The lowest BCUT2D eigenvalue weighted by atomic mass is 9.71. The van der Waals surface area contributed by atoms with Gasteiger partial charge in [0.1, 0.15) is 23.0 Å². The Kier molecular flexibility index (Phi) is 5.74. The second kappa shape index (κ2) is 9.05. The van der Waals surface area contributed by atoms with Gasteiger partial charge in [0.25, 0.3) is 0 Å². The molecule has 7 rings (SSSR count). The summed E-state index contributed by atoms with van der Waals surface area (Å²) in [5, 5.41) is 8.07. The molecule has 3 aromatic rings. The molecule has 2 spiro atoms. The third-order valence-electron chi connectivity index (χ3n) is 9.29. The summed E-state index contributed by atoms with van der Waals surface area (Å²) in [5.74, 6) is 2.20. The van der Waals surface area contributed by atoms with Crippen LogP contribution >= 0.6 is 0 Å². The van der Waals surface area contributed by atoms with E-state index in [-0.39, 0.29) is 11.4 Å². The zero-order valence-corrected chi connectivity index (χ0v) is 22.0. The number of anilines is 2. The van der Waals surface area contributed by atoms with Crippen molar-refractivity contribution in [3.05, 3.63) is 35.5 Å². The van der Waals surface area contributed by atoms with Crippen LogP contribution in [-0.2, 0) is 17.8 Å². The van der Waals surface area contributed by atoms with E-state index in [0.717, 1.165) is 75.5 Å². The van der Waals surface area contributed by atoms with Gasteiger partial charge in [-0.3, -0.25) is 9.58 Å². The fraction of sp³-hybridized carbons (Fsp3) is 0.607. The Morgan fingerprint density at radius 3 is 2.68 bits per heavy atom. The van der Waals surface area contributed by atoms with Crippen molar-refractivity contribution < 1.29 is 13.9 Å². The van der Waals surface area contributed by atoms with Crippen LogP contribution in [0.2, 0.25) is 0 Å². The first-order chi connectivity index (χ1) is 18.4. The highest BCUT2D eigenvalue weighted by Crippen LogP contribution is 2.64. The number of likely N-dealkylation sites (tertiary alicyclic amines) is 1. The highest BCUT2D eigenvalue weighted by atomic mass is 19.1. The second-order valence-corrected chi connectivity index (χ2v) is 12.1. The number of nitrogen functional groups attached to an aromatic ring is 1. The molecular weight excluding hydrogens is 485 g/mol. The van der Waals surface area contributed by atoms with Crippen LogP contribution < -0.4 is 15.8 Å². The van der Waals surface area contributed by atoms with Crippen molar-refractivity contribution in [3.63, 3.8) is 0 Å². The maximum absolute atomic E-state index is 13.6. The molecule has 4 fully saturated rings. The molecule has 2 saturated carbocycles. The summed E-state index contributed by atoms with van der Waals surface area (Å²) >= 11 is 0. The maximum atomic E-state index is 13.6. The van der Waals surface area contributed by atoms with Crippen LogP contribution in [0.3, 0.4) is 0 Å². The Bertz CT molecular complexity index is 1340. The van der Waals surface area contributed by atoms with Gasteiger partial charge < -0.3 is 20.5 Å². The molecule has 2 aromatic heterocycles. The molecule has 0 bridgehead atoms. The largest absolute Gasteiger partial charge is 0.496 e. The first-order valence-electron chi connectivity index (χ1n) is 13.8. The van der Waals surface area contributed by atoms with Gasteiger partial charge in [0.2, 0.25) is 5.95 Å². The number of methoxy groups -OCH3 is 1. The van der Waals surface area contributed by atoms with Gasteiger partial charge in [-0.25, -0.2) is 9.37 Å². The topological polar surface area (TPSA) is 103 Å². The van der Waals surface area contributed by atoms with E-state index in [0.29, 0.717) is 29.2 Å². The number of ether oxygens (including phenoxy) is 2. The van der Waals surface area contributed by atoms with E-state index < -0.39 is 6.17 Å². The number of nitrogens with one attached hydrogen (secondary N) is 1. The van der Waals surface area contributed by atoms with E-state index in [9.17, 15) is 4.39 Å². The molecule has 1 atom stereocenters. The third kappa shape index (κ3) is 4.27. The van der Waals surface area contributed by atoms with E-state index in [1.807, 2.05) is 4.68 Å². The first kappa shape index (κ1) is 24.1. The van der Waals surface area contributed by atoms with Crippen molar-refractivity contribution in [2.24, 2.45) is 16.7 Å². The first-order valence-corrected chi connectivity index (χ1v) is 13.8. The van der Waals surface area contributed by atoms with Crippen LogP contribution in [-0.4, -0.2) is 70.8 Å². The Morgan fingerprint density at radius 1 is 1.16 bits per heavy atom. The van der Waals surface area contributed by atoms with Gasteiger partial charge in [0.05, 0.1) is 19.9 Å². The standard InChI is InChI=1S/C28H36FN7O2/c1-37-22-8-18(14-35-16-27(17-35)4-6-38-7-5-27)2-3-20(22)15-36-24-21(13-32-36)33-26(30)34-25(24)31-12-19-9-28(10-19)11-23(28)29/h2-3,8,13,19,23H,4-7,9-12,14-17H2,1H3,(H3,30,31,33,34). The van der Waals surface area contributed by atoms with Gasteiger partial charge in [0.15, 0.2) is 5.82 Å². The lowest BCUT2D eigenvalue weighted by Gasteiger charge is -2.52. The summed E-state index contributed by atoms with van der Waals surface area (Å²) < 4.78 is 26.8. The van der Waals surface area contributed by atoms with Crippen LogP contribution in [0.5, 0.6) is 5.75 Å². The molecular formula is C28H36FN7O2. The third-order valence-corrected chi connectivity index (χ3v) is 9.29. The lowest BCUT2D eigenvalue weighted by molar-refractivity contribution is -0.0839. The zero-order chi connectivity index (χ0) is 25.9. The van der Waals surface area contributed by atoms with Crippen LogP contribution in [0, 0.1) is 16.7 Å². The number of nitrogens with zero attached hydrogens (tertiary/aromatic N) is 5. The predicted octanol–water partition coefficient (Wildman–Crippen LogP) is 3.63. The molecule has 3 N–H and O–H groups in total. The molecule has 1 aromatic carbocycles. The summed E-state index contributed by atoms with van der Waals surface area (Å²) in [4.78, 5) is 11.4. The summed E-state index contributed by atoms with van der Waals surface area (Å²) in [6.45, 7) is 6.29. The highest BCUT2D eigenvalue weighted by Gasteiger charge is 2.62. The number of alkyl halides is 1. The number of aromatic nitrogens is 4. The van der Waals surface area contributed by atoms with Gasteiger partial charge in [-0.05, 0) is 49.7 Å². The van der Waals surface area contributed by atoms with E-state index >= 15 is 0 Å². The van der Waals surface area contributed by atoms with E-state index in [1.54, 1.807) is 13.3 Å². The van der Waals surface area contributed by atoms with Crippen LogP contribution in [0.15, 0.2) is 24.4 Å².